The highest BCUT2D eigenvalue weighted by molar-refractivity contribution is 7.09. The Labute approximate surface area is 257 Å². The molecule has 10 nitrogen and oxygen atoms in total. The molecule has 2 aromatic carbocycles. The molecule has 0 unspecified atom stereocenters. The van der Waals surface area contributed by atoms with E-state index in [1.54, 1.807) is 29.8 Å². The fraction of sp³-hybridized carbons (Fsp3) is 0.281. The fourth-order valence-electron chi connectivity index (χ4n) is 5.50. The molecule has 0 atom stereocenters. The number of aromatic nitrogens is 4. The van der Waals surface area contributed by atoms with E-state index in [1.807, 2.05) is 24.4 Å². The smallest absolute Gasteiger partial charge is 0.335 e. The van der Waals surface area contributed by atoms with Crippen LogP contribution in [-0.4, -0.2) is 55.7 Å². The second-order valence-corrected chi connectivity index (χ2v) is 11.6. The maximum atomic E-state index is 14.3. The van der Waals surface area contributed by atoms with E-state index in [0.717, 1.165) is 42.3 Å². The van der Waals surface area contributed by atoms with Crippen LogP contribution in [0.25, 0.3) is 11.0 Å². The molecule has 0 aliphatic carbocycles. The van der Waals surface area contributed by atoms with Crippen LogP contribution in [0.5, 0.6) is 11.6 Å². The number of likely N-dealkylation sites (tertiary alicyclic amines) is 1. The van der Waals surface area contributed by atoms with Crippen LogP contribution in [-0.2, 0) is 19.7 Å². The Hall–Kier alpha value is -4.86. The molecule has 5 aromatic rings. The van der Waals surface area contributed by atoms with Gasteiger partial charge in [0.05, 0.1) is 48.4 Å². The highest BCUT2D eigenvalue weighted by Crippen LogP contribution is 2.32. The number of thiazole rings is 1. The van der Waals surface area contributed by atoms with Gasteiger partial charge in [-0.1, -0.05) is 12.1 Å². The summed E-state index contributed by atoms with van der Waals surface area (Å²) in [6.45, 7) is 2.80. The van der Waals surface area contributed by atoms with Gasteiger partial charge < -0.3 is 19.1 Å². The fourth-order valence-corrected chi connectivity index (χ4v) is 6.09. The van der Waals surface area contributed by atoms with E-state index in [0.29, 0.717) is 41.3 Å². The number of hydrogen-bond donors (Lipinski definition) is 1. The highest BCUT2D eigenvalue weighted by atomic mass is 32.1. The number of fused-ring (bicyclic) bond motifs is 1. The molecule has 12 heteroatoms. The van der Waals surface area contributed by atoms with Crippen molar-refractivity contribution in [1.29, 1.82) is 5.26 Å². The molecular weight excluding hydrogens is 583 g/mol. The normalized spacial score (nSPS) is 14.0. The highest BCUT2D eigenvalue weighted by Gasteiger charge is 2.25. The van der Waals surface area contributed by atoms with Gasteiger partial charge in [-0.05, 0) is 56.3 Å². The Balaban J connectivity index is 1.15. The standard InChI is InChI=1S/C32H29FN6O4S/c1-42-28-13-23(32(40)41)12-27-31(28)37-29(39(27)16-24-15-35-19-44-24)17-38-9-7-21(8-10-38)26-3-2-4-30(36-26)43-18-22-6-5-20(14-34)11-25(22)33/h2-6,11-13,15,19,21H,7-10,16-18H2,1H3,(H,40,41). The van der Waals surface area contributed by atoms with Crippen molar-refractivity contribution in [2.75, 3.05) is 20.2 Å². The first-order valence-corrected chi connectivity index (χ1v) is 15.0. The molecular formula is C32H29FN6O4S. The van der Waals surface area contributed by atoms with Gasteiger partial charge in [0.25, 0.3) is 0 Å². The van der Waals surface area contributed by atoms with Gasteiger partial charge in [0.1, 0.15) is 29.5 Å². The maximum absolute atomic E-state index is 14.3. The number of methoxy groups -OCH3 is 1. The van der Waals surface area contributed by atoms with Crippen LogP contribution in [0.4, 0.5) is 4.39 Å². The zero-order chi connectivity index (χ0) is 30.6. The van der Waals surface area contributed by atoms with Crippen molar-refractivity contribution in [3.63, 3.8) is 0 Å². The molecule has 0 saturated carbocycles. The molecule has 4 heterocycles. The Bertz CT molecular complexity index is 1840. The van der Waals surface area contributed by atoms with Crippen LogP contribution in [0.1, 0.15) is 56.6 Å². The summed E-state index contributed by atoms with van der Waals surface area (Å²) >= 11 is 1.54. The zero-order valence-electron chi connectivity index (χ0n) is 23.9. The summed E-state index contributed by atoms with van der Waals surface area (Å²) in [7, 11) is 1.52. The van der Waals surface area contributed by atoms with E-state index in [1.165, 1.54) is 30.6 Å². The van der Waals surface area contributed by atoms with E-state index in [-0.39, 0.29) is 23.7 Å². The van der Waals surface area contributed by atoms with Gasteiger partial charge in [-0.15, -0.1) is 11.3 Å². The summed E-state index contributed by atoms with van der Waals surface area (Å²) in [6, 6.07) is 15.1. The van der Waals surface area contributed by atoms with Crippen molar-refractivity contribution in [2.45, 2.75) is 38.5 Å². The predicted octanol–water partition coefficient (Wildman–Crippen LogP) is 5.61. The molecule has 1 saturated heterocycles. The van der Waals surface area contributed by atoms with Gasteiger partial charge in [-0.3, -0.25) is 9.88 Å². The number of ether oxygens (including phenoxy) is 2. The quantitative estimate of drug-likeness (QED) is 0.214. The number of halogens is 1. The molecule has 6 rings (SSSR count). The second-order valence-electron chi connectivity index (χ2n) is 10.6. The SMILES string of the molecule is COc1cc(C(=O)O)cc2c1nc(CN1CCC(c3cccc(OCc4ccc(C#N)cc4F)n3)CC1)n2Cc1cncs1. The number of hydrogen-bond acceptors (Lipinski definition) is 9. The number of carbonyl (C=O) groups is 1. The number of nitrogens with zero attached hydrogens (tertiary/aromatic N) is 6. The lowest BCUT2D eigenvalue weighted by Gasteiger charge is -2.31. The van der Waals surface area contributed by atoms with E-state index in [9.17, 15) is 14.3 Å². The van der Waals surface area contributed by atoms with Crippen LogP contribution >= 0.6 is 11.3 Å². The van der Waals surface area contributed by atoms with Crippen LogP contribution < -0.4 is 9.47 Å². The number of aromatic carboxylic acids is 1. The second kappa shape index (κ2) is 12.8. The molecule has 224 valence electrons. The van der Waals surface area contributed by atoms with E-state index in [2.05, 4.69) is 14.5 Å². The molecule has 1 aliphatic rings. The van der Waals surface area contributed by atoms with Gasteiger partial charge in [0.2, 0.25) is 5.88 Å². The summed E-state index contributed by atoms with van der Waals surface area (Å²) in [4.78, 5) is 29.1. The Morgan fingerprint density at radius 1 is 1.16 bits per heavy atom. The van der Waals surface area contributed by atoms with Crippen molar-refractivity contribution in [2.24, 2.45) is 0 Å². The van der Waals surface area contributed by atoms with Gasteiger partial charge in [0.15, 0.2) is 0 Å². The Morgan fingerprint density at radius 3 is 2.70 bits per heavy atom. The molecule has 1 N–H and O–H groups in total. The van der Waals surface area contributed by atoms with Gasteiger partial charge in [-0.25, -0.2) is 19.2 Å². The average Bonchev–Trinajstić information content (AvgIpc) is 3.68. The molecule has 1 fully saturated rings. The Morgan fingerprint density at radius 2 is 2.00 bits per heavy atom. The summed E-state index contributed by atoms with van der Waals surface area (Å²) in [5, 5.41) is 18.6. The minimum absolute atomic E-state index is 0.0215. The zero-order valence-corrected chi connectivity index (χ0v) is 24.8. The van der Waals surface area contributed by atoms with Crippen molar-refractivity contribution in [1.82, 2.24) is 24.4 Å². The summed E-state index contributed by atoms with van der Waals surface area (Å²) in [5.74, 6) is 0.433. The summed E-state index contributed by atoms with van der Waals surface area (Å²) in [5.41, 5.74) is 4.83. The van der Waals surface area contributed by atoms with Crippen molar-refractivity contribution in [3.05, 3.63) is 99.1 Å². The predicted molar refractivity (Wildman–Crippen MR) is 161 cm³/mol. The first-order valence-electron chi connectivity index (χ1n) is 14.1. The number of benzene rings is 2. The third kappa shape index (κ3) is 6.24. The maximum Gasteiger partial charge on any atom is 0.335 e. The van der Waals surface area contributed by atoms with Crippen LogP contribution in [0.15, 0.2) is 60.2 Å². The van der Waals surface area contributed by atoms with E-state index < -0.39 is 11.8 Å². The van der Waals surface area contributed by atoms with E-state index in [4.69, 9.17) is 24.7 Å². The molecule has 3 aromatic heterocycles. The lowest BCUT2D eigenvalue weighted by Crippen LogP contribution is -2.33. The van der Waals surface area contributed by atoms with Crippen molar-refractivity contribution in [3.8, 4) is 17.7 Å². The van der Waals surface area contributed by atoms with Crippen LogP contribution in [0.2, 0.25) is 0 Å². The molecule has 0 bridgehead atoms. The lowest BCUT2D eigenvalue weighted by molar-refractivity contribution is 0.0696. The van der Waals surface area contributed by atoms with Gasteiger partial charge in [-0.2, -0.15) is 5.26 Å². The minimum atomic E-state index is -1.02. The van der Waals surface area contributed by atoms with E-state index >= 15 is 0 Å². The van der Waals surface area contributed by atoms with Crippen molar-refractivity contribution < 1.29 is 23.8 Å². The van der Waals surface area contributed by atoms with Crippen molar-refractivity contribution >= 4 is 28.3 Å². The third-order valence-corrected chi connectivity index (χ3v) is 8.60. The minimum Gasteiger partial charge on any atom is -0.494 e. The topological polar surface area (TPSA) is 126 Å². The monoisotopic (exact) mass is 612 g/mol. The van der Waals surface area contributed by atoms with Crippen LogP contribution in [0.3, 0.4) is 0 Å². The summed E-state index contributed by atoms with van der Waals surface area (Å²) in [6.07, 6.45) is 3.60. The Kier molecular flexibility index (Phi) is 8.49. The average molecular weight is 613 g/mol. The molecule has 0 spiro atoms. The third-order valence-electron chi connectivity index (χ3n) is 7.84. The molecule has 0 amide bonds. The number of imidazole rings is 1. The number of pyridine rings is 1. The van der Waals surface area contributed by atoms with Gasteiger partial charge in [0, 0.05) is 34.3 Å². The number of piperidine rings is 1. The van der Waals surface area contributed by atoms with Crippen LogP contribution in [0, 0.1) is 17.1 Å². The number of carboxylic acid groups (broad SMARTS) is 1. The first-order chi connectivity index (χ1) is 21.4. The van der Waals surface area contributed by atoms with Gasteiger partial charge >= 0.3 is 5.97 Å². The molecule has 0 radical (unpaired) electrons. The molecule has 1 aliphatic heterocycles. The number of nitriles is 1. The lowest BCUT2D eigenvalue weighted by atomic mass is 9.93. The largest absolute Gasteiger partial charge is 0.494 e. The number of rotatable bonds is 10. The molecule has 44 heavy (non-hydrogen) atoms. The first kappa shape index (κ1) is 29.2. The summed E-state index contributed by atoms with van der Waals surface area (Å²) < 4.78 is 27.7. The number of carboxylic acids is 1.